The summed E-state index contributed by atoms with van der Waals surface area (Å²) < 4.78 is 10.5. The lowest BCUT2D eigenvalue weighted by atomic mass is 10.0. The lowest BCUT2D eigenvalue weighted by Crippen LogP contribution is -2.52. The van der Waals surface area contributed by atoms with E-state index in [9.17, 15) is 0 Å². The normalized spacial score (nSPS) is 17.0. The van der Waals surface area contributed by atoms with Gasteiger partial charge in [0.15, 0.2) is 5.96 Å². The summed E-state index contributed by atoms with van der Waals surface area (Å²) in [5, 5.41) is 6.64. The van der Waals surface area contributed by atoms with Gasteiger partial charge in [0, 0.05) is 45.4 Å². The Bertz CT molecular complexity index is 308. The SMILES string of the molecule is CCNC(=NCC(C)(C)N1CCOCC1)NCCCOC.I. The largest absolute Gasteiger partial charge is 0.385 e. The highest BCUT2D eigenvalue weighted by molar-refractivity contribution is 14.0. The van der Waals surface area contributed by atoms with E-state index in [4.69, 9.17) is 14.5 Å². The zero-order chi connectivity index (χ0) is 15.6. The molecule has 2 N–H and O–H groups in total. The van der Waals surface area contributed by atoms with Crippen molar-refractivity contribution in [3.05, 3.63) is 0 Å². The minimum absolute atomic E-state index is 0. The van der Waals surface area contributed by atoms with Crippen molar-refractivity contribution in [3.8, 4) is 0 Å². The number of methoxy groups -OCH3 is 1. The average Bonchev–Trinajstić information content (AvgIpc) is 2.50. The van der Waals surface area contributed by atoms with E-state index >= 15 is 0 Å². The Labute approximate surface area is 152 Å². The van der Waals surface area contributed by atoms with Gasteiger partial charge in [0.05, 0.1) is 19.8 Å². The molecule has 1 aliphatic heterocycles. The van der Waals surface area contributed by atoms with Gasteiger partial charge in [0.25, 0.3) is 0 Å². The molecule has 132 valence electrons. The van der Waals surface area contributed by atoms with Crippen LogP contribution in [0.25, 0.3) is 0 Å². The van der Waals surface area contributed by atoms with Crippen LogP contribution < -0.4 is 10.6 Å². The maximum absolute atomic E-state index is 5.42. The number of hydrogen-bond donors (Lipinski definition) is 2. The second-order valence-corrected chi connectivity index (χ2v) is 5.88. The predicted octanol–water partition coefficient (Wildman–Crippen LogP) is 1.31. The molecule has 0 saturated carbocycles. The fourth-order valence-corrected chi connectivity index (χ4v) is 2.31. The first-order valence-corrected chi connectivity index (χ1v) is 7.94. The molecular formula is C15H33IN4O2. The van der Waals surface area contributed by atoms with Gasteiger partial charge in [-0.25, -0.2) is 0 Å². The molecule has 0 aliphatic carbocycles. The number of rotatable bonds is 8. The van der Waals surface area contributed by atoms with Gasteiger partial charge in [-0.15, -0.1) is 24.0 Å². The number of nitrogens with one attached hydrogen (secondary N) is 2. The van der Waals surface area contributed by atoms with Gasteiger partial charge in [-0.1, -0.05) is 0 Å². The molecule has 0 radical (unpaired) electrons. The molecule has 6 nitrogen and oxygen atoms in total. The molecule has 1 aliphatic rings. The number of nitrogens with zero attached hydrogens (tertiary/aromatic N) is 2. The third kappa shape index (κ3) is 8.50. The highest BCUT2D eigenvalue weighted by Crippen LogP contribution is 2.16. The summed E-state index contributed by atoms with van der Waals surface area (Å²) in [5.74, 6) is 0.884. The molecule has 1 rings (SSSR count). The summed E-state index contributed by atoms with van der Waals surface area (Å²) in [4.78, 5) is 7.18. The Kier molecular flexibility index (Phi) is 12.3. The van der Waals surface area contributed by atoms with Crippen LogP contribution in [-0.2, 0) is 9.47 Å². The van der Waals surface area contributed by atoms with Crippen molar-refractivity contribution in [2.75, 3.05) is 59.7 Å². The molecule has 0 amide bonds. The number of ether oxygens (including phenoxy) is 2. The average molecular weight is 428 g/mol. The minimum atomic E-state index is 0. The summed E-state index contributed by atoms with van der Waals surface area (Å²) in [5.41, 5.74) is 0.0542. The van der Waals surface area contributed by atoms with Crippen LogP contribution >= 0.6 is 24.0 Å². The van der Waals surface area contributed by atoms with Crippen molar-refractivity contribution in [2.24, 2.45) is 4.99 Å². The lowest BCUT2D eigenvalue weighted by Gasteiger charge is -2.39. The van der Waals surface area contributed by atoms with E-state index < -0.39 is 0 Å². The maximum atomic E-state index is 5.42. The summed E-state index contributed by atoms with van der Waals surface area (Å²) >= 11 is 0. The Balaban J connectivity index is 0.00000441. The maximum Gasteiger partial charge on any atom is 0.191 e. The van der Waals surface area contributed by atoms with Crippen LogP contribution in [-0.4, -0.2) is 76.1 Å². The topological polar surface area (TPSA) is 58.1 Å². The standard InChI is InChI=1S/C15H32N4O2.HI/c1-5-16-14(17-7-6-10-20-4)18-13-15(2,3)19-8-11-21-12-9-19;/h5-13H2,1-4H3,(H2,16,17,18);1H. The molecule has 1 saturated heterocycles. The van der Waals surface area contributed by atoms with Crippen LogP contribution in [0.15, 0.2) is 4.99 Å². The smallest absolute Gasteiger partial charge is 0.191 e. The first-order chi connectivity index (χ1) is 10.1. The summed E-state index contributed by atoms with van der Waals surface area (Å²) in [6.45, 7) is 13.5. The van der Waals surface area contributed by atoms with E-state index in [0.717, 1.165) is 64.9 Å². The van der Waals surface area contributed by atoms with Gasteiger partial charge in [-0.2, -0.15) is 0 Å². The van der Waals surface area contributed by atoms with Crippen LogP contribution in [0.4, 0.5) is 0 Å². The number of morpholine rings is 1. The first-order valence-electron chi connectivity index (χ1n) is 7.94. The number of aliphatic imine (C=N–C) groups is 1. The predicted molar refractivity (Wildman–Crippen MR) is 102 cm³/mol. The fourth-order valence-electron chi connectivity index (χ4n) is 2.31. The molecule has 0 bridgehead atoms. The van der Waals surface area contributed by atoms with Gasteiger partial charge >= 0.3 is 0 Å². The third-order valence-electron chi connectivity index (χ3n) is 3.65. The molecule has 0 atom stereocenters. The van der Waals surface area contributed by atoms with E-state index in [1.807, 2.05) is 0 Å². The third-order valence-corrected chi connectivity index (χ3v) is 3.65. The van der Waals surface area contributed by atoms with Gasteiger partial charge in [0.1, 0.15) is 0 Å². The van der Waals surface area contributed by atoms with E-state index in [2.05, 4.69) is 36.3 Å². The molecule has 1 heterocycles. The van der Waals surface area contributed by atoms with Crippen LogP contribution in [0.3, 0.4) is 0 Å². The summed E-state index contributed by atoms with van der Waals surface area (Å²) in [6, 6.07) is 0. The molecular weight excluding hydrogens is 395 g/mol. The zero-order valence-corrected chi connectivity index (χ0v) is 16.8. The highest BCUT2D eigenvalue weighted by Gasteiger charge is 2.27. The number of halogens is 1. The Morgan fingerprint density at radius 2 is 1.95 bits per heavy atom. The quantitative estimate of drug-likeness (QED) is 0.264. The molecule has 0 aromatic carbocycles. The van der Waals surface area contributed by atoms with Crippen LogP contribution in [0.5, 0.6) is 0 Å². The molecule has 0 aromatic rings. The summed E-state index contributed by atoms with van der Waals surface area (Å²) in [6.07, 6.45) is 0.980. The van der Waals surface area contributed by atoms with E-state index in [1.54, 1.807) is 7.11 Å². The number of hydrogen-bond acceptors (Lipinski definition) is 4. The summed E-state index contributed by atoms with van der Waals surface area (Å²) in [7, 11) is 1.73. The molecule has 22 heavy (non-hydrogen) atoms. The van der Waals surface area contributed by atoms with Crippen molar-refractivity contribution in [1.82, 2.24) is 15.5 Å². The Morgan fingerprint density at radius 3 is 2.55 bits per heavy atom. The Morgan fingerprint density at radius 1 is 1.27 bits per heavy atom. The van der Waals surface area contributed by atoms with Gasteiger partial charge in [0.2, 0.25) is 0 Å². The minimum Gasteiger partial charge on any atom is -0.385 e. The van der Waals surface area contributed by atoms with Crippen molar-refractivity contribution in [2.45, 2.75) is 32.7 Å². The van der Waals surface area contributed by atoms with Gasteiger partial charge in [-0.05, 0) is 27.2 Å². The zero-order valence-electron chi connectivity index (χ0n) is 14.5. The van der Waals surface area contributed by atoms with Crippen molar-refractivity contribution in [1.29, 1.82) is 0 Å². The van der Waals surface area contributed by atoms with Crippen molar-refractivity contribution >= 4 is 29.9 Å². The van der Waals surface area contributed by atoms with Crippen LogP contribution in [0.1, 0.15) is 27.2 Å². The lowest BCUT2D eigenvalue weighted by molar-refractivity contribution is -0.00683. The second-order valence-electron chi connectivity index (χ2n) is 5.88. The second kappa shape index (κ2) is 12.3. The van der Waals surface area contributed by atoms with E-state index in [-0.39, 0.29) is 29.5 Å². The number of guanidine groups is 1. The first kappa shape index (κ1) is 21.9. The monoisotopic (exact) mass is 428 g/mol. The van der Waals surface area contributed by atoms with Crippen LogP contribution in [0, 0.1) is 0 Å². The van der Waals surface area contributed by atoms with Crippen LogP contribution in [0.2, 0.25) is 0 Å². The molecule has 0 unspecified atom stereocenters. The van der Waals surface area contributed by atoms with Crippen molar-refractivity contribution in [3.63, 3.8) is 0 Å². The van der Waals surface area contributed by atoms with Gasteiger partial charge in [-0.3, -0.25) is 9.89 Å². The molecule has 1 fully saturated rings. The molecule has 7 heteroatoms. The molecule has 0 spiro atoms. The van der Waals surface area contributed by atoms with Gasteiger partial charge < -0.3 is 20.1 Å². The van der Waals surface area contributed by atoms with Crippen molar-refractivity contribution < 1.29 is 9.47 Å². The fraction of sp³-hybridized carbons (Fsp3) is 0.933. The van der Waals surface area contributed by atoms with E-state index in [0.29, 0.717) is 0 Å². The van der Waals surface area contributed by atoms with E-state index in [1.165, 1.54) is 0 Å². The molecule has 0 aromatic heterocycles. The highest BCUT2D eigenvalue weighted by atomic mass is 127. The Hall–Kier alpha value is -0.120.